The van der Waals surface area contributed by atoms with Gasteiger partial charge in [0.15, 0.2) is 0 Å². The molecule has 5 heteroatoms. The van der Waals surface area contributed by atoms with Crippen molar-refractivity contribution in [3.8, 4) is 0 Å². The summed E-state index contributed by atoms with van der Waals surface area (Å²) in [6, 6.07) is 13.5. The Balaban J connectivity index is 2.27. The summed E-state index contributed by atoms with van der Waals surface area (Å²) in [5.41, 5.74) is 5.77. The maximum Gasteiger partial charge on any atom is 0.418 e. The maximum absolute atomic E-state index is 12.9. The molecule has 0 aliphatic rings. The van der Waals surface area contributed by atoms with Gasteiger partial charge < -0.3 is 11.1 Å². The largest absolute Gasteiger partial charge is 0.418 e. The van der Waals surface area contributed by atoms with Gasteiger partial charge in [0.2, 0.25) is 0 Å². The van der Waals surface area contributed by atoms with Crippen LogP contribution in [-0.2, 0) is 6.18 Å². The molecule has 2 nitrogen and oxygen atoms in total. The van der Waals surface area contributed by atoms with Gasteiger partial charge in [-0.15, -0.1) is 0 Å². The van der Waals surface area contributed by atoms with Crippen LogP contribution in [0.5, 0.6) is 0 Å². The summed E-state index contributed by atoms with van der Waals surface area (Å²) in [6.45, 7) is 1.98. The predicted octanol–water partition coefficient (Wildman–Crippen LogP) is 4.85. The summed E-state index contributed by atoms with van der Waals surface area (Å²) in [4.78, 5) is 0. The predicted molar refractivity (Wildman–Crippen MR) is 79.0 cm³/mol. The van der Waals surface area contributed by atoms with Crippen molar-refractivity contribution < 1.29 is 13.2 Å². The third-order valence-electron chi connectivity index (χ3n) is 3.31. The van der Waals surface area contributed by atoms with Crippen LogP contribution in [0, 0.1) is 0 Å². The van der Waals surface area contributed by atoms with Crippen LogP contribution in [0.1, 0.15) is 30.5 Å². The fourth-order valence-corrected chi connectivity index (χ4v) is 2.20. The molecule has 0 amide bonds. The fraction of sp³-hybridized carbons (Fsp3) is 0.250. The van der Waals surface area contributed by atoms with Crippen LogP contribution in [-0.4, -0.2) is 0 Å². The van der Waals surface area contributed by atoms with Gasteiger partial charge in [-0.05, 0) is 30.2 Å². The number of alkyl halides is 3. The van der Waals surface area contributed by atoms with Gasteiger partial charge in [0.1, 0.15) is 0 Å². The molecule has 21 heavy (non-hydrogen) atoms. The number of hydrogen-bond acceptors (Lipinski definition) is 2. The molecular formula is C16H17F3N2. The van der Waals surface area contributed by atoms with E-state index in [0.717, 1.165) is 18.1 Å². The van der Waals surface area contributed by atoms with Crippen LogP contribution in [0.15, 0.2) is 48.5 Å². The van der Waals surface area contributed by atoms with Crippen LogP contribution in [0.2, 0.25) is 0 Å². The lowest BCUT2D eigenvalue weighted by Crippen LogP contribution is -2.13. The van der Waals surface area contributed by atoms with E-state index in [9.17, 15) is 13.2 Å². The Hall–Kier alpha value is -2.17. The molecule has 0 saturated heterocycles. The van der Waals surface area contributed by atoms with E-state index < -0.39 is 11.7 Å². The zero-order valence-corrected chi connectivity index (χ0v) is 11.6. The molecule has 0 bridgehead atoms. The van der Waals surface area contributed by atoms with Crippen molar-refractivity contribution in [1.82, 2.24) is 0 Å². The Morgan fingerprint density at radius 3 is 2.33 bits per heavy atom. The Kier molecular flexibility index (Phi) is 4.40. The van der Waals surface area contributed by atoms with E-state index in [1.54, 1.807) is 6.07 Å². The molecule has 1 unspecified atom stereocenters. The highest BCUT2D eigenvalue weighted by Crippen LogP contribution is 2.36. The second-order valence-electron chi connectivity index (χ2n) is 4.82. The van der Waals surface area contributed by atoms with Crippen LogP contribution in [0.4, 0.5) is 24.5 Å². The second-order valence-corrected chi connectivity index (χ2v) is 4.82. The maximum atomic E-state index is 12.9. The van der Waals surface area contributed by atoms with Crippen LogP contribution in [0.3, 0.4) is 0 Å². The molecular weight excluding hydrogens is 277 g/mol. The number of hydrogen-bond donors (Lipinski definition) is 2. The Bertz CT molecular complexity index is 594. The topological polar surface area (TPSA) is 38.0 Å². The molecule has 0 aromatic heterocycles. The zero-order chi connectivity index (χ0) is 15.5. The second kappa shape index (κ2) is 6.08. The quantitative estimate of drug-likeness (QED) is 0.791. The monoisotopic (exact) mass is 294 g/mol. The molecule has 0 aliphatic heterocycles. The van der Waals surface area contributed by atoms with Gasteiger partial charge in [-0.2, -0.15) is 13.2 Å². The number of benzene rings is 2. The Labute approximate surface area is 121 Å². The number of nitrogens with one attached hydrogen (secondary N) is 1. The minimum Gasteiger partial charge on any atom is -0.398 e. The van der Waals surface area contributed by atoms with Crippen LogP contribution < -0.4 is 11.1 Å². The van der Waals surface area contributed by atoms with Crippen molar-refractivity contribution in [2.45, 2.75) is 25.6 Å². The highest BCUT2D eigenvalue weighted by atomic mass is 19.4. The standard InChI is InChI=1S/C16H17F3N2/c1-2-15(11-6-4-3-5-7-11)21-12-8-9-14(20)13(10-12)16(17,18)19/h3-10,15,21H,2,20H2,1H3. The van der Waals surface area contributed by atoms with Gasteiger partial charge in [-0.1, -0.05) is 37.3 Å². The molecule has 0 radical (unpaired) electrons. The zero-order valence-electron chi connectivity index (χ0n) is 11.6. The molecule has 1 atom stereocenters. The van der Waals surface area contributed by atoms with Gasteiger partial charge in [0.25, 0.3) is 0 Å². The van der Waals surface area contributed by atoms with Crippen molar-refractivity contribution in [2.24, 2.45) is 0 Å². The van der Waals surface area contributed by atoms with E-state index in [1.807, 2.05) is 37.3 Å². The summed E-state index contributed by atoms with van der Waals surface area (Å²) < 4.78 is 38.6. The average Bonchev–Trinajstić information content (AvgIpc) is 2.46. The first-order valence-electron chi connectivity index (χ1n) is 6.70. The molecule has 112 valence electrons. The summed E-state index contributed by atoms with van der Waals surface area (Å²) in [5.74, 6) is 0. The molecule has 0 spiro atoms. The lowest BCUT2D eigenvalue weighted by atomic mass is 10.0. The molecule has 3 N–H and O–H groups in total. The van der Waals surface area contributed by atoms with Crippen molar-refractivity contribution in [2.75, 3.05) is 11.1 Å². The van der Waals surface area contributed by atoms with E-state index in [0.29, 0.717) is 5.69 Å². The average molecular weight is 294 g/mol. The lowest BCUT2D eigenvalue weighted by molar-refractivity contribution is -0.136. The smallest absolute Gasteiger partial charge is 0.398 e. The van der Waals surface area contributed by atoms with Gasteiger partial charge in [-0.3, -0.25) is 0 Å². The van der Waals surface area contributed by atoms with Crippen LogP contribution >= 0.6 is 0 Å². The van der Waals surface area contributed by atoms with E-state index in [-0.39, 0.29) is 11.7 Å². The first-order chi connectivity index (χ1) is 9.91. The first kappa shape index (κ1) is 15.2. The summed E-state index contributed by atoms with van der Waals surface area (Å²) in [5, 5.41) is 3.13. The van der Waals surface area contributed by atoms with Crippen molar-refractivity contribution in [1.29, 1.82) is 0 Å². The molecule has 2 aromatic carbocycles. The number of halogens is 3. The first-order valence-corrected chi connectivity index (χ1v) is 6.70. The van der Waals surface area contributed by atoms with Crippen molar-refractivity contribution >= 4 is 11.4 Å². The van der Waals surface area contributed by atoms with E-state index in [4.69, 9.17) is 5.73 Å². The van der Waals surface area contributed by atoms with Crippen molar-refractivity contribution in [3.63, 3.8) is 0 Å². The van der Waals surface area contributed by atoms with E-state index in [1.165, 1.54) is 6.07 Å². The van der Waals surface area contributed by atoms with Gasteiger partial charge in [-0.25, -0.2) is 0 Å². The molecule has 2 rings (SSSR count). The molecule has 0 saturated carbocycles. The van der Waals surface area contributed by atoms with E-state index >= 15 is 0 Å². The SMILES string of the molecule is CCC(Nc1ccc(N)c(C(F)(F)F)c1)c1ccccc1. The van der Waals surface area contributed by atoms with Crippen molar-refractivity contribution in [3.05, 3.63) is 59.7 Å². The van der Waals surface area contributed by atoms with Gasteiger partial charge in [0.05, 0.1) is 11.6 Å². The molecule has 0 heterocycles. The normalized spacial score (nSPS) is 13.0. The van der Waals surface area contributed by atoms with Crippen LogP contribution in [0.25, 0.3) is 0 Å². The minimum absolute atomic E-state index is 0.0455. The number of rotatable bonds is 4. The van der Waals surface area contributed by atoms with Gasteiger partial charge in [0, 0.05) is 11.4 Å². The fourth-order valence-electron chi connectivity index (χ4n) is 2.20. The number of nitrogens with two attached hydrogens (primary N) is 1. The summed E-state index contributed by atoms with van der Waals surface area (Å²) in [7, 11) is 0. The molecule has 0 aliphatic carbocycles. The minimum atomic E-state index is -4.45. The highest BCUT2D eigenvalue weighted by Gasteiger charge is 2.33. The Morgan fingerprint density at radius 1 is 1.10 bits per heavy atom. The Morgan fingerprint density at radius 2 is 1.76 bits per heavy atom. The number of nitrogen functional groups attached to an aromatic ring is 1. The summed E-state index contributed by atoms with van der Waals surface area (Å²) >= 11 is 0. The highest BCUT2D eigenvalue weighted by molar-refractivity contribution is 5.59. The third-order valence-corrected chi connectivity index (χ3v) is 3.31. The third kappa shape index (κ3) is 3.68. The van der Waals surface area contributed by atoms with E-state index in [2.05, 4.69) is 5.32 Å². The summed E-state index contributed by atoms with van der Waals surface area (Å²) in [6.07, 6.45) is -3.69. The molecule has 2 aromatic rings. The lowest BCUT2D eigenvalue weighted by Gasteiger charge is -2.20. The number of anilines is 2. The molecule has 0 fully saturated rings. The van der Waals surface area contributed by atoms with Gasteiger partial charge >= 0.3 is 6.18 Å².